The van der Waals surface area contributed by atoms with Gasteiger partial charge in [-0.15, -0.1) is 0 Å². The van der Waals surface area contributed by atoms with Gasteiger partial charge in [-0.1, -0.05) is 12.1 Å². The topological polar surface area (TPSA) is 91.8 Å². The third kappa shape index (κ3) is 4.45. The number of rotatable bonds is 8. The van der Waals surface area contributed by atoms with Crippen molar-refractivity contribution < 1.29 is 23.2 Å². The van der Waals surface area contributed by atoms with Crippen molar-refractivity contribution >= 4 is 11.3 Å². The monoisotopic (exact) mass is 452 g/mol. The average Bonchev–Trinajstić information content (AvgIpc) is 3.53. The molecule has 0 saturated heterocycles. The van der Waals surface area contributed by atoms with E-state index in [-0.39, 0.29) is 17.2 Å². The zero-order chi connectivity index (χ0) is 22.9. The first kappa shape index (κ1) is 20.8. The van der Waals surface area contributed by atoms with Crippen molar-refractivity contribution in [2.24, 2.45) is 5.92 Å². The minimum atomic E-state index is -2.96. The highest BCUT2D eigenvalue weighted by molar-refractivity contribution is 5.70. The third-order valence-electron chi connectivity index (χ3n) is 5.34. The number of nitrogens with zero attached hydrogens (tertiary/aromatic N) is 4. The van der Waals surface area contributed by atoms with Crippen LogP contribution in [0.2, 0.25) is 0 Å². The zero-order valence-electron chi connectivity index (χ0n) is 17.2. The van der Waals surface area contributed by atoms with E-state index in [0.717, 1.165) is 12.8 Å². The molecule has 2 aromatic heterocycles. The summed E-state index contributed by atoms with van der Waals surface area (Å²) in [6.45, 7) is -2.52. The van der Waals surface area contributed by atoms with E-state index in [2.05, 4.69) is 14.8 Å². The summed E-state index contributed by atoms with van der Waals surface area (Å²) in [5.74, 6) is 0.637. The highest BCUT2D eigenvalue weighted by Gasteiger charge is 2.23. The first-order valence-corrected chi connectivity index (χ1v) is 10.3. The Bertz CT molecular complexity index is 1340. The quantitative estimate of drug-likeness (QED) is 0.264. The van der Waals surface area contributed by atoms with Gasteiger partial charge in [0.2, 0.25) is 0 Å². The maximum Gasteiger partial charge on any atom is 0.387 e. The van der Waals surface area contributed by atoms with Crippen molar-refractivity contribution in [2.75, 3.05) is 6.61 Å². The number of nitro groups is 1. The molecular weight excluding hydrogens is 434 g/mol. The van der Waals surface area contributed by atoms with Gasteiger partial charge in [0.15, 0.2) is 17.1 Å². The minimum Gasteiger partial charge on any atom is -0.489 e. The van der Waals surface area contributed by atoms with Gasteiger partial charge in [0.25, 0.3) is 5.69 Å². The molecule has 1 aliphatic rings. The van der Waals surface area contributed by atoms with Crippen LogP contribution in [0.5, 0.6) is 11.5 Å². The number of aromatic nitrogens is 3. The Morgan fingerprint density at radius 3 is 2.70 bits per heavy atom. The Morgan fingerprint density at radius 2 is 1.94 bits per heavy atom. The molecule has 1 fully saturated rings. The molecule has 0 radical (unpaired) electrons. The summed E-state index contributed by atoms with van der Waals surface area (Å²) < 4.78 is 37.7. The van der Waals surface area contributed by atoms with E-state index in [9.17, 15) is 18.9 Å². The molecule has 0 aliphatic heterocycles. The van der Waals surface area contributed by atoms with Crippen molar-refractivity contribution in [2.45, 2.75) is 19.5 Å². The van der Waals surface area contributed by atoms with Gasteiger partial charge < -0.3 is 9.47 Å². The van der Waals surface area contributed by atoms with Gasteiger partial charge in [-0.05, 0) is 43.0 Å². The Kier molecular flexibility index (Phi) is 5.33. The second-order valence-corrected chi connectivity index (χ2v) is 7.73. The van der Waals surface area contributed by atoms with E-state index in [1.54, 1.807) is 47.1 Å². The van der Waals surface area contributed by atoms with Crippen LogP contribution in [0.4, 0.5) is 14.5 Å². The lowest BCUT2D eigenvalue weighted by Crippen LogP contribution is -2.06. The van der Waals surface area contributed by atoms with Crippen molar-refractivity contribution in [1.29, 1.82) is 0 Å². The number of non-ortho nitro benzene ring substituents is 1. The first-order chi connectivity index (χ1) is 16.0. The summed E-state index contributed by atoms with van der Waals surface area (Å²) in [5, 5.41) is 15.7. The largest absolute Gasteiger partial charge is 0.489 e. The standard InChI is InChI=1S/C23H18F2N4O4/c24-23(25)33-20-7-6-16(11-21(20)32-13-14-4-5-14)19-8-9-26-22-12-18(27-28(19)22)15-2-1-3-17(10-15)29(30)31/h1-3,6-12,14,23H,4-5,13H2. The second kappa shape index (κ2) is 8.45. The summed E-state index contributed by atoms with van der Waals surface area (Å²) in [6, 6.07) is 14.4. The van der Waals surface area contributed by atoms with Crippen LogP contribution in [0.3, 0.4) is 0 Å². The summed E-state index contributed by atoms with van der Waals surface area (Å²) in [7, 11) is 0. The number of benzene rings is 2. The van der Waals surface area contributed by atoms with E-state index in [1.165, 1.54) is 18.2 Å². The van der Waals surface area contributed by atoms with Gasteiger partial charge in [-0.25, -0.2) is 9.50 Å². The Balaban J connectivity index is 1.54. The summed E-state index contributed by atoms with van der Waals surface area (Å²) >= 11 is 0. The third-order valence-corrected chi connectivity index (χ3v) is 5.34. The van der Waals surface area contributed by atoms with Gasteiger partial charge in [-0.3, -0.25) is 10.1 Å². The van der Waals surface area contributed by atoms with Crippen LogP contribution in [-0.2, 0) is 0 Å². The number of hydrogen-bond acceptors (Lipinski definition) is 6. The molecule has 1 aliphatic carbocycles. The first-order valence-electron chi connectivity index (χ1n) is 10.3. The minimum absolute atomic E-state index is 0.0301. The van der Waals surface area contributed by atoms with Crippen LogP contribution in [0, 0.1) is 16.0 Å². The van der Waals surface area contributed by atoms with E-state index < -0.39 is 11.5 Å². The van der Waals surface area contributed by atoms with E-state index >= 15 is 0 Å². The van der Waals surface area contributed by atoms with Crippen LogP contribution in [0.1, 0.15) is 12.8 Å². The number of fused-ring (bicyclic) bond motifs is 1. The van der Waals surface area contributed by atoms with Crippen molar-refractivity contribution in [3.05, 3.63) is 70.9 Å². The summed E-state index contributed by atoms with van der Waals surface area (Å²) in [6.07, 6.45) is 3.73. The van der Waals surface area contributed by atoms with Gasteiger partial charge in [0.05, 0.1) is 22.9 Å². The number of alkyl halides is 2. The predicted molar refractivity (Wildman–Crippen MR) is 115 cm³/mol. The highest BCUT2D eigenvalue weighted by Crippen LogP contribution is 2.36. The van der Waals surface area contributed by atoms with Gasteiger partial charge in [0, 0.05) is 35.5 Å². The lowest BCUT2D eigenvalue weighted by molar-refractivity contribution is -0.384. The number of nitro benzene ring substituents is 1. The maximum atomic E-state index is 12.8. The molecule has 0 bridgehead atoms. The molecule has 33 heavy (non-hydrogen) atoms. The molecule has 4 aromatic rings. The lowest BCUT2D eigenvalue weighted by atomic mass is 10.1. The second-order valence-electron chi connectivity index (χ2n) is 7.73. The fourth-order valence-corrected chi connectivity index (χ4v) is 3.50. The molecule has 0 spiro atoms. The number of hydrogen-bond donors (Lipinski definition) is 0. The molecule has 10 heteroatoms. The summed E-state index contributed by atoms with van der Waals surface area (Å²) in [5.41, 5.74) is 2.91. The Morgan fingerprint density at radius 1 is 1.09 bits per heavy atom. The fraction of sp³-hybridized carbons (Fsp3) is 0.217. The number of ether oxygens (including phenoxy) is 2. The van der Waals surface area contributed by atoms with Crippen molar-refractivity contribution in [3.8, 4) is 34.0 Å². The molecule has 0 unspecified atom stereocenters. The number of halogens is 2. The van der Waals surface area contributed by atoms with E-state index in [4.69, 9.17) is 4.74 Å². The normalized spacial score (nSPS) is 13.4. The molecule has 8 nitrogen and oxygen atoms in total. The lowest BCUT2D eigenvalue weighted by Gasteiger charge is -2.14. The maximum absolute atomic E-state index is 12.8. The van der Waals surface area contributed by atoms with Crippen molar-refractivity contribution in [3.63, 3.8) is 0 Å². The molecule has 0 amide bonds. The summed E-state index contributed by atoms with van der Waals surface area (Å²) in [4.78, 5) is 15.0. The smallest absolute Gasteiger partial charge is 0.387 e. The molecule has 2 aromatic carbocycles. The Labute approximate surface area is 186 Å². The molecule has 5 rings (SSSR count). The zero-order valence-corrected chi connectivity index (χ0v) is 17.2. The van der Waals surface area contributed by atoms with Crippen LogP contribution in [0.25, 0.3) is 28.2 Å². The highest BCUT2D eigenvalue weighted by atomic mass is 19.3. The van der Waals surface area contributed by atoms with Crippen LogP contribution in [0.15, 0.2) is 60.8 Å². The molecular formula is C23H18F2N4O4. The molecule has 1 saturated carbocycles. The van der Waals surface area contributed by atoms with E-state index in [1.807, 2.05) is 0 Å². The van der Waals surface area contributed by atoms with Crippen LogP contribution < -0.4 is 9.47 Å². The average molecular weight is 452 g/mol. The van der Waals surface area contributed by atoms with Gasteiger partial charge >= 0.3 is 6.61 Å². The van der Waals surface area contributed by atoms with Crippen LogP contribution in [-0.4, -0.2) is 32.7 Å². The van der Waals surface area contributed by atoms with E-state index in [0.29, 0.717) is 40.7 Å². The van der Waals surface area contributed by atoms with Crippen LogP contribution >= 0.6 is 0 Å². The molecule has 0 N–H and O–H groups in total. The molecule has 2 heterocycles. The fourth-order valence-electron chi connectivity index (χ4n) is 3.50. The molecule has 0 atom stereocenters. The van der Waals surface area contributed by atoms with Gasteiger partial charge in [-0.2, -0.15) is 13.9 Å². The SMILES string of the molecule is O=[N+]([O-])c1cccc(-c2cc3nccc(-c4ccc(OC(F)F)c(OCC5CC5)c4)n3n2)c1. The Hall–Kier alpha value is -4.08. The predicted octanol–water partition coefficient (Wildman–Crippen LogP) is 5.36. The molecule has 168 valence electrons. The van der Waals surface area contributed by atoms with Gasteiger partial charge in [0.1, 0.15) is 0 Å². The van der Waals surface area contributed by atoms with Crippen molar-refractivity contribution in [1.82, 2.24) is 14.6 Å².